The van der Waals surface area contributed by atoms with Crippen LogP contribution in [-0.4, -0.2) is 22.2 Å². The molecule has 0 radical (unpaired) electrons. The average Bonchev–Trinajstić information content (AvgIpc) is 2.52. The summed E-state index contributed by atoms with van der Waals surface area (Å²) in [6.07, 6.45) is 0. The fourth-order valence-corrected chi connectivity index (χ4v) is 1.38. The van der Waals surface area contributed by atoms with Crippen LogP contribution in [0, 0.1) is 0 Å². The maximum absolute atomic E-state index is 10.9. The molecule has 0 atom stereocenters. The third kappa shape index (κ3) is 2.43. The van der Waals surface area contributed by atoms with Crippen molar-refractivity contribution in [1.29, 1.82) is 0 Å². The lowest BCUT2D eigenvalue weighted by molar-refractivity contribution is 0.0945. The Balaban J connectivity index is 2.22. The first-order chi connectivity index (χ1) is 7.44. The number of benzene rings is 1. The van der Waals surface area contributed by atoms with Crippen molar-refractivity contribution in [2.45, 2.75) is 19.4 Å². The largest absolute Gasteiger partial charge is 0.417 e. The molecule has 0 unspecified atom stereocenters. The van der Waals surface area contributed by atoms with Crippen molar-refractivity contribution in [3.63, 3.8) is 0 Å². The van der Waals surface area contributed by atoms with Crippen molar-refractivity contribution in [1.82, 2.24) is 4.98 Å². The van der Waals surface area contributed by atoms with Crippen molar-refractivity contribution in [3.05, 3.63) is 28.7 Å². The topological polar surface area (TPSA) is 78.3 Å². The molecule has 0 saturated heterocycles. The average molecular weight is 222 g/mol. The van der Waals surface area contributed by atoms with E-state index in [1.165, 1.54) is 0 Å². The van der Waals surface area contributed by atoms with E-state index in [9.17, 15) is 9.90 Å². The summed E-state index contributed by atoms with van der Waals surface area (Å²) < 4.78 is 4.88. The Kier molecular flexibility index (Phi) is 2.47. The molecule has 0 aliphatic heterocycles. The van der Waals surface area contributed by atoms with Gasteiger partial charge in [0.2, 0.25) is 0 Å². The second-order valence-corrected chi connectivity index (χ2v) is 4.39. The zero-order valence-corrected chi connectivity index (χ0v) is 9.20. The first kappa shape index (κ1) is 10.8. The minimum Gasteiger partial charge on any atom is -0.408 e. The molecule has 16 heavy (non-hydrogen) atoms. The molecule has 1 aromatic carbocycles. The molecule has 0 amide bonds. The zero-order valence-electron chi connectivity index (χ0n) is 9.20. The highest BCUT2D eigenvalue weighted by molar-refractivity contribution is 5.76. The van der Waals surface area contributed by atoms with E-state index < -0.39 is 11.4 Å². The predicted molar refractivity (Wildman–Crippen MR) is 61.6 cm³/mol. The number of aromatic amines is 1. The van der Waals surface area contributed by atoms with Gasteiger partial charge in [-0.1, -0.05) is 0 Å². The maximum Gasteiger partial charge on any atom is 0.417 e. The summed E-state index contributed by atoms with van der Waals surface area (Å²) in [7, 11) is 0. The Bertz CT molecular complexity index is 548. The van der Waals surface area contributed by atoms with E-state index in [-0.39, 0.29) is 0 Å². The van der Waals surface area contributed by atoms with E-state index in [1.807, 2.05) is 0 Å². The van der Waals surface area contributed by atoms with Gasteiger partial charge in [0.15, 0.2) is 5.58 Å². The van der Waals surface area contributed by atoms with Crippen LogP contribution in [0.2, 0.25) is 0 Å². The number of nitrogens with one attached hydrogen (secondary N) is 2. The Labute approximate surface area is 92.1 Å². The molecule has 2 aromatic rings. The molecule has 0 spiro atoms. The standard InChI is InChI=1S/C11H14N2O3/c1-11(2,15)6-12-7-3-4-9-8(5-7)13-10(14)16-9/h3-5,12,15H,6H2,1-2H3,(H,13,14). The number of hydrogen-bond donors (Lipinski definition) is 3. The van der Waals surface area contributed by atoms with Crippen molar-refractivity contribution in [3.8, 4) is 0 Å². The molecule has 5 heteroatoms. The minimum atomic E-state index is -0.779. The van der Waals surface area contributed by atoms with Gasteiger partial charge in [0, 0.05) is 12.2 Å². The first-order valence-corrected chi connectivity index (χ1v) is 5.03. The fraction of sp³-hybridized carbons (Fsp3) is 0.364. The molecule has 1 aromatic heterocycles. The number of aliphatic hydroxyl groups is 1. The van der Waals surface area contributed by atoms with Gasteiger partial charge in [-0.15, -0.1) is 0 Å². The quantitative estimate of drug-likeness (QED) is 0.731. The second kappa shape index (κ2) is 3.68. The van der Waals surface area contributed by atoms with Gasteiger partial charge >= 0.3 is 5.76 Å². The van der Waals surface area contributed by atoms with Crippen LogP contribution < -0.4 is 11.1 Å². The highest BCUT2D eigenvalue weighted by atomic mass is 16.4. The summed E-state index contributed by atoms with van der Waals surface area (Å²) in [5.74, 6) is -0.463. The monoisotopic (exact) mass is 222 g/mol. The zero-order chi connectivity index (χ0) is 11.8. The van der Waals surface area contributed by atoms with Crippen LogP contribution in [0.1, 0.15) is 13.8 Å². The lowest BCUT2D eigenvalue weighted by Crippen LogP contribution is -2.29. The molecular formula is C11H14N2O3. The van der Waals surface area contributed by atoms with E-state index in [0.29, 0.717) is 17.6 Å². The van der Waals surface area contributed by atoms with Gasteiger partial charge in [0.25, 0.3) is 0 Å². The Morgan fingerprint density at radius 2 is 2.25 bits per heavy atom. The van der Waals surface area contributed by atoms with E-state index >= 15 is 0 Å². The SMILES string of the molecule is CC(C)(O)CNc1ccc2oc(=O)[nH]c2c1. The molecule has 5 nitrogen and oxygen atoms in total. The molecule has 1 heterocycles. The van der Waals surface area contributed by atoms with Crippen LogP contribution in [0.3, 0.4) is 0 Å². The normalized spacial score (nSPS) is 11.9. The van der Waals surface area contributed by atoms with Crippen LogP contribution in [-0.2, 0) is 0 Å². The second-order valence-electron chi connectivity index (χ2n) is 4.39. The van der Waals surface area contributed by atoms with Gasteiger partial charge in [0.05, 0.1) is 11.1 Å². The lowest BCUT2D eigenvalue weighted by atomic mass is 10.1. The van der Waals surface area contributed by atoms with Crippen molar-refractivity contribution < 1.29 is 9.52 Å². The Morgan fingerprint density at radius 1 is 1.50 bits per heavy atom. The van der Waals surface area contributed by atoms with Gasteiger partial charge < -0.3 is 14.8 Å². The van der Waals surface area contributed by atoms with Crippen LogP contribution >= 0.6 is 0 Å². The first-order valence-electron chi connectivity index (χ1n) is 5.03. The molecule has 0 aliphatic rings. The molecule has 86 valence electrons. The van der Waals surface area contributed by atoms with E-state index in [2.05, 4.69) is 10.3 Å². The van der Waals surface area contributed by atoms with Crippen LogP contribution in [0.4, 0.5) is 5.69 Å². The molecular weight excluding hydrogens is 208 g/mol. The third-order valence-electron chi connectivity index (χ3n) is 2.14. The van der Waals surface area contributed by atoms with Crippen molar-refractivity contribution >= 4 is 16.8 Å². The minimum absolute atomic E-state index is 0.431. The van der Waals surface area contributed by atoms with Gasteiger partial charge in [-0.2, -0.15) is 0 Å². The van der Waals surface area contributed by atoms with E-state index in [1.54, 1.807) is 32.0 Å². The Hall–Kier alpha value is -1.75. The third-order valence-corrected chi connectivity index (χ3v) is 2.14. The number of H-pyrrole nitrogens is 1. The number of fused-ring (bicyclic) bond motifs is 1. The van der Waals surface area contributed by atoms with Gasteiger partial charge in [-0.3, -0.25) is 4.98 Å². The predicted octanol–water partition coefficient (Wildman–Crippen LogP) is 1.30. The molecule has 0 fully saturated rings. The number of aromatic nitrogens is 1. The highest BCUT2D eigenvalue weighted by Gasteiger charge is 2.11. The van der Waals surface area contributed by atoms with Crippen molar-refractivity contribution in [2.24, 2.45) is 0 Å². The smallest absolute Gasteiger partial charge is 0.408 e. The summed E-state index contributed by atoms with van der Waals surface area (Å²) >= 11 is 0. The van der Waals surface area contributed by atoms with Crippen LogP contribution in [0.25, 0.3) is 11.1 Å². The summed E-state index contributed by atoms with van der Waals surface area (Å²) in [4.78, 5) is 13.5. The maximum atomic E-state index is 10.9. The van der Waals surface area contributed by atoms with E-state index in [4.69, 9.17) is 4.42 Å². The molecule has 2 rings (SSSR count). The van der Waals surface area contributed by atoms with Crippen molar-refractivity contribution in [2.75, 3.05) is 11.9 Å². The van der Waals surface area contributed by atoms with Crippen LogP contribution in [0.5, 0.6) is 0 Å². The lowest BCUT2D eigenvalue weighted by Gasteiger charge is -2.18. The summed E-state index contributed by atoms with van der Waals surface area (Å²) in [6, 6.07) is 5.27. The molecule has 0 saturated carbocycles. The number of anilines is 1. The van der Waals surface area contributed by atoms with Crippen LogP contribution in [0.15, 0.2) is 27.4 Å². The summed E-state index contributed by atoms with van der Waals surface area (Å²) in [5, 5.41) is 12.6. The highest BCUT2D eigenvalue weighted by Crippen LogP contribution is 2.16. The number of rotatable bonds is 3. The summed E-state index contributed by atoms with van der Waals surface area (Å²) in [6.45, 7) is 3.87. The summed E-state index contributed by atoms with van der Waals surface area (Å²) in [5.41, 5.74) is 1.22. The molecule has 0 aliphatic carbocycles. The van der Waals surface area contributed by atoms with Gasteiger partial charge in [0.1, 0.15) is 0 Å². The molecule has 0 bridgehead atoms. The Morgan fingerprint density at radius 3 is 2.94 bits per heavy atom. The van der Waals surface area contributed by atoms with Gasteiger partial charge in [-0.05, 0) is 32.0 Å². The number of oxazole rings is 1. The van der Waals surface area contributed by atoms with E-state index in [0.717, 1.165) is 5.69 Å². The van der Waals surface area contributed by atoms with Gasteiger partial charge in [-0.25, -0.2) is 4.79 Å². The molecule has 3 N–H and O–H groups in total. The fourth-order valence-electron chi connectivity index (χ4n) is 1.38. The number of hydrogen-bond acceptors (Lipinski definition) is 4.